The Bertz CT molecular complexity index is 113. The van der Waals surface area contributed by atoms with Crippen molar-refractivity contribution >= 4 is 0 Å². The highest BCUT2D eigenvalue weighted by atomic mass is 15.2. The van der Waals surface area contributed by atoms with Gasteiger partial charge in [-0.3, -0.25) is 4.90 Å². The molecule has 0 unspecified atom stereocenters. The van der Waals surface area contributed by atoms with Crippen LogP contribution in [-0.4, -0.2) is 30.1 Å². The minimum atomic E-state index is 0.254. The number of hydrogen-bond acceptors (Lipinski definition) is 2. The molecule has 0 heterocycles. The van der Waals surface area contributed by atoms with Crippen molar-refractivity contribution in [3.8, 4) is 0 Å². The summed E-state index contributed by atoms with van der Waals surface area (Å²) in [5.74, 6) is 0.718. The monoisotopic (exact) mass is 172 g/mol. The molecule has 12 heavy (non-hydrogen) atoms. The predicted molar refractivity (Wildman–Crippen MR) is 55.2 cm³/mol. The lowest BCUT2D eigenvalue weighted by Crippen LogP contribution is -2.45. The standard InChI is InChI=1S/C10H24N2/c1-9(2)8-12(7-6-11)10(3,4)5/h9H,6-8,11H2,1-5H3. The van der Waals surface area contributed by atoms with Gasteiger partial charge in [0.1, 0.15) is 0 Å². The third kappa shape index (κ3) is 4.73. The van der Waals surface area contributed by atoms with Crippen LogP contribution in [0.1, 0.15) is 34.6 Å². The molecule has 2 N–H and O–H groups in total. The minimum Gasteiger partial charge on any atom is -0.329 e. The van der Waals surface area contributed by atoms with Gasteiger partial charge in [-0.2, -0.15) is 0 Å². The zero-order valence-corrected chi connectivity index (χ0v) is 9.22. The lowest BCUT2D eigenvalue weighted by molar-refractivity contribution is 0.124. The van der Waals surface area contributed by atoms with Crippen LogP contribution in [0.4, 0.5) is 0 Å². The first-order valence-electron chi connectivity index (χ1n) is 4.83. The number of nitrogens with zero attached hydrogens (tertiary/aromatic N) is 1. The Morgan fingerprint density at radius 1 is 1.25 bits per heavy atom. The summed E-state index contributed by atoms with van der Waals surface area (Å²) in [6.07, 6.45) is 0. The second-order valence-corrected chi connectivity index (χ2v) is 4.80. The quantitative estimate of drug-likeness (QED) is 0.699. The lowest BCUT2D eigenvalue weighted by Gasteiger charge is -2.36. The number of nitrogens with two attached hydrogens (primary N) is 1. The molecule has 0 aromatic heterocycles. The summed E-state index contributed by atoms with van der Waals surface area (Å²) in [5, 5.41) is 0. The van der Waals surface area contributed by atoms with E-state index in [1.165, 1.54) is 0 Å². The van der Waals surface area contributed by atoms with Crippen molar-refractivity contribution in [1.29, 1.82) is 0 Å². The SMILES string of the molecule is CC(C)CN(CCN)C(C)(C)C. The van der Waals surface area contributed by atoms with Crippen LogP contribution in [0.2, 0.25) is 0 Å². The van der Waals surface area contributed by atoms with Crippen LogP contribution in [0.15, 0.2) is 0 Å². The molecule has 2 nitrogen and oxygen atoms in total. The first-order chi connectivity index (χ1) is 5.38. The van der Waals surface area contributed by atoms with Crippen molar-refractivity contribution in [3.63, 3.8) is 0 Å². The van der Waals surface area contributed by atoms with Crippen LogP contribution in [0.5, 0.6) is 0 Å². The van der Waals surface area contributed by atoms with Crippen molar-refractivity contribution in [2.75, 3.05) is 19.6 Å². The Hall–Kier alpha value is -0.0800. The average Bonchev–Trinajstić information content (AvgIpc) is 1.83. The molecule has 2 heteroatoms. The lowest BCUT2D eigenvalue weighted by atomic mass is 10.0. The van der Waals surface area contributed by atoms with E-state index in [4.69, 9.17) is 5.73 Å². The summed E-state index contributed by atoms with van der Waals surface area (Å²) in [6, 6.07) is 0. The third-order valence-electron chi connectivity index (χ3n) is 1.93. The van der Waals surface area contributed by atoms with E-state index in [2.05, 4.69) is 39.5 Å². The second kappa shape index (κ2) is 4.83. The Balaban J connectivity index is 4.04. The largest absolute Gasteiger partial charge is 0.329 e. The highest BCUT2D eigenvalue weighted by molar-refractivity contribution is 4.76. The van der Waals surface area contributed by atoms with Gasteiger partial charge < -0.3 is 5.73 Å². The van der Waals surface area contributed by atoms with Crippen LogP contribution in [0.3, 0.4) is 0 Å². The van der Waals surface area contributed by atoms with E-state index in [1.807, 2.05) is 0 Å². The van der Waals surface area contributed by atoms with Crippen LogP contribution in [0.25, 0.3) is 0 Å². The molecule has 0 saturated carbocycles. The Labute approximate surface area is 77.1 Å². The minimum absolute atomic E-state index is 0.254. The maximum atomic E-state index is 5.56. The van der Waals surface area contributed by atoms with E-state index in [-0.39, 0.29) is 5.54 Å². The van der Waals surface area contributed by atoms with E-state index in [0.29, 0.717) is 0 Å². The molecule has 0 aliphatic rings. The molecule has 0 amide bonds. The molecular weight excluding hydrogens is 148 g/mol. The maximum absolute atomic E-state index is 5.56. The molecule has 74 valence electrons. The Kier molecular flexibility index (Phi) is 4.80. The summed E-state index contributed by atoms with van der Waals surface area (Å²) in [4.78, 5) is 2.44. The molecule has 0 aromatic rings. The maximum Gasteiger partial charge on any atom is 0.0125 e. The molecule has 0 aromatic carbocycles. The first kappa shape index (κ1) is 11.9. The average molecular weight is 172 g/mol. The summed E-state index contributed by atoms with van der Waals surface area (Å²) in [6.45, 7) is 14.1. The third-order valence-corrected chi connectivity index (χ3v) is 1.93. The van der Waals surface area contributed by atoms with Gasteiger partial charge in [0.2, 0.25) is 0 Å². The van der Waals surface area contributed by atoms with Crippen LogP contribution >= 0.6 is 0 Å². The van der Waals surface area contributed by atoms with E-state index in [9.17, 15) is 0 Å². The molecule has 0 radical (unpaired) electrons. The summed E-state index contributed by atoms with van der Waals surface area (Å²) >= 11 is 0. The molecule has 0 aliphatic heterocycles. The van der Waals surface area contributed by atoms with Gasteiger partial charge in [0.15, 0.2) is 0 Å². The van der Waals surface area contributed by atoms with E-state index in [1.54, 1.807) is 0 Å². The zero-order chi connectivity index (χ0) is 9.78. The molecule has 0 rings (SSSR count). The van der Waals surface area contributed by atoms with E-state index in [0.717, 1.165) is 25.6 Å². The van der Waals surface area contributed by atoms with Gasteiger partial charge in [-0.05, 0) is 26.7 Å². The summed E-state index contributed by atoms with van der Waals surface area (Å²) in [5.41, 5.74) is 5.81. The topological polar surface area (TPSA) is 29.3 Å². The van der Waals surface area contributed by atoms with Gasteiger partial charge >= 0.3 is 0 Å². The fourth-order valence-electron chi connectivity index (χ4n) is 1.30. The van der Waals surface area contributed by atoms with Crippen molar-refractivity contribution < 1.29 is 0 Å². The van der Waals surface area contributed by atoms with Gasteiger partial charge in [-0.25, -0.2) is 0 Å². The van der Waals surface area contributed by atoms with Crippen molar-refractivity contribution in [1.82, 2.24) is 4.90 Å². The molecule has 0 spiro atoms. The van der Waals surface area contributed by atoms with Crippen LogP contribution in [-0.2, 0) is 0 Å². The normalized spacial score (nSPS) is 13.0. The molecule has 0 fully saturated rings. The van der Waals surface area contributed by atoms with Gasteiger partial charge in [-0.15, -0.1) is 0 Å². The van der Waals surface area contributed by atoms with E-state index < -0.39 is 0 Å². The highest BCUT2D eigenvalue weighted by Gasteiger charge is 2.20. The van der Waals surface area contributed by atoms with Gasteiger partial charge in [0.25, 0.3) is 0 Å². The van der Waals surface area contributed by atoms with Gasteiger partial charge in [0.05, 0.1) is 0 Å². The predicted octanol–water partition coefficient (Wildman–Crippen LogP) is 1.70. The second-order valence-electron chi connectivity index (χ2n) is 4.80. The molecule has 0 saturated heterocycles. The summed E-state index contributed by atoms with van der Waals surface area (Å²) < 4.78 is 0. The van der Waals surface area contributed by atoms with E-state index >= 15 is 0 Å². The number of hydrogen-bond donors (Lipinski definition) is 1. The zero-order valence-electron chi connectivity index (χ0n) is 9.22. The molecular formula is C10H24N2. The molecule has 0 bridgehead atoms. The Morgan fingerprint density at radius 3 is 2.00 bits per heavy atom. The van der Waals surface area contributed by atoms with Gasteiger partial charge in [-0.1, -0.05) is 13.8 Å². The van der Waals surface area contributed by atoms with Gasteiger partial charge in [0, 0.05) is 25.2 Å². The highest BCUT2D eigenvalue weighted by Crippen LogP contribution is 2.14. The Morgan fingerprint density at radius 2 is 1.75 bits per heavy atom. The molecule has 0 atom stereocenters. The summed E-state index contributed by atoms with van der Waals surface area (Å²) in [7, 11) is 0. The van der Waals surface area contributed by atoms with Crippen LogP contribution in [0, 0.1) is 5.92 Å². The fourth-order valence-corrected chi connectivity index (χ4v) is 1.30. The fraction of sp³-hybridized carbons (Fsp3) is 1.00. The number of rotatable bonds is 4. The smallest absolute Gasteiger partial charge is 0.0125 e. The molecule has 0 aliphatic carbocycles. The van der Waals surface area contributed by atoms with Crippen molar-refractivity contribution in [3.05, 3.63) is 0 Å². The van der Waals surface area contributed by atoms with Crippen molar-refractivity contribution in [2.45, 2.75) is 40.2 Å². The van der Waals surface area contributed by atoms with Crippen LogP contribution < -0.4 is 5.73 Å². The van der Waals surface area contributed by atoms with Crippen molar-refractivity contribution in [2.24, 2.45) is 11.7 Å². The first-order valence-corrected chi connectivity index (χ1v) is 4.83.